The summed E-state index contributed by atoms with van der Waals surface area (Å²) in [5.41, 5.74) is 0. The van der Waals surface area contributed by atoms with Gasteiger partial charge in [0, 0.05) is 0 Å². The Bertz CT molecular complexity index is 247. The Balaban J connectivity index is 2.29. The molecule has 0 saturated heterocycles. The lowest BCUT2D eigenvalue weighted by Gasteiger charge is -2.02. The van der Waals surface area contributed by atoms with E-state index in [4.69, 9.17) is 4.42 Å². The number of thiol groups is 1. The van der Waals surface area contributed by atoms with E-state index in [2.05, 4.69) is 23.0 Å². The van der Waals surface area contributed by atoms with Crippen LogP contribution in [0.15, 0.2) is 50.9 Å². The highest BCUT2D eigenvalue weighted by Crippen LogP contribution is 2.41. The first kappa shape index (κ1) is 5.86. The van der Waals surface area contributed by atoms with Crippen LogP contribution in [0.2, 0.25) is 0 Å². The van der Waals surface area contributed by atoms with Crippen LogP contribution >= 0.6 is 10.9 Å². The molecule has 0 N–H and O–H groups in total. The largest absolute Gasteiger partial charge is 0.459 e. The summed E-state index contributed by atoms with van der Waals surface area (Å²) in [4.78, 5) is 0. The van der Waals surface area contributed by atoms with Gasteiger partial charge in [0.25, 0.3) is 0 Å². The van der Waals surface area contributed by atoms with Crippen LogP contribution in [0.3, 0.4) is 0 Å². The van der Waals surface area contributed by atoms with Gasteiger partial charge in [-0.3, -0.25) is 0 Å². The Hall–Kier alpha value is -0.890. The van der Waals surface area contributed by atoms with Gasteiger partial charge >= 0.3 is 0 Å². The maximum Gasteiger partial charge on any atom is 0.147 e. The second kappa shape index (κ2) is 2.39. The summed E-state index contributed by atoms with van der Waals surface area (Å²) in [6.45, 7) is 0. The number of rotatable bonds is 1. The molecule has 0 saturated carbocycles. The molecule has 2 rings (SSSR count). The van der Waals surface area contributed by atoms with Gasteiger partial charge < -0.3 is 4.42 Å². The molecule has 0 fully saturated rings. The van der Waals surface area contributed by atoms with Gasteiger partial charge in [0.15, 0.2) is 0 Å². The number of hydrogen-bond donors (Lipinski definition) is 1. The van der Waals surface area contributed by atoms with Gasteiger partial charge in [-0.15, -0.1) is 0 Å². The summed E-state index contributed by atoms with van der Waals surface area (Å²) in [6, 6.07) is 3.95. The van der Waals surface area contributed by atoms with Crippen molar-refractivity contribution in [1.82, 2.24) is 0 Å². The third kappa shape index (κ3) is 0.907. The van der Waals surface area contributed by atoms with E-state index in [9.17, 15) is 0 Å². The molecule has 0 spiro atoms. The highest BCUT2D eigenvalue weighted by molar-refractivity contribution is 8.22. The zero-order chi connectivity index (χ0) is 6.81. The molecular weight excluding hydrogens is 144 g/mol. The van der Waals surface area contributed by atoms with Crippen LogP contribution in [-0.4, -0.2) is 0 Å². The van der Waals surface area contributed by atoms with Crippen molar-refractivity contribution in [2.45, 2.75) is 5.09 Å². The monoisotopic (exact) mass is 152 g/mol. The Labute approximate surface area is 62.4 Å². The molecule has 1 aromatic heterocycles. The molecule has 2 heteroatoms. The van der Waals surface area contributed by atoms with Gasteiger partial charge in [-0.2, -0.15) is 10.9 Å². The molecule has 0 bridgehead atoms. The standard InChI is InChI=1S/C8H8OS/c1-2-7-10(6-1)8-4-3-5-9-8/h1-7,10H. The van der Waals surface area contributed by atoms with Crippen molar-refractivity contribution in [2.75, 3.05) is 0 Å². The molecule has 1 nitrogen and oxygen atoms in total. The molecule has 0 aromatic carbocycles. The second-order valence-electron chi connectivity index (χ2n) is 2.04. The van der Waals surface area contributed by atoms with Gasteiger partial charge in [0.2, 0.25) is 0 Å². The van der Waals surface area contributed by atoms with Gasteiger partial charge in [0.1, 0.15) is 5.09 Å². The van der Waals surface area contributed by atoms with Crippen LogP contribution in [0.4, 0.5) is 0 Å². The van der Waals surface area contributed by atoms with Crippen LogP contribution in [0.5, 0.6) is 0 Å². The third-order valence-electron chi connectivity index (χ3n) is 1.37. The Morgan fingerprint density at radius 1 is 1.20 bits per heavy atom. The quantitative estimate of drug-likeness (QED) is 0.610. The normalized spacial score (nSPS) is 18.6. The summed E-state index contributed by atoms with van der Waals surface area (Å²) in [5, 5.41) is 5.43. The zero-order valence-electron chi connectivity index (χ0n) is 5.40. The van der Waals surface area contributed by atoms with E-state index in [0.717, 1.165) is 5.09 Å². The minimum Gasteiger partial charge on any atom is -0.459 e. The molecule has 1 aromatic rings. The van der Waals surface area contributed by atoms with E-state index in [-0.39, 0.29) is 10.9 Å². The number of furan rings is 1. The predicted molar refractivity (Wildman–Crippen MR) is 44.2 cm³/mol. The average Bonchev–Trinajstić information content (AvgIpc) is 2.59. The van der Waals surface area contributed by atoms with Crippen molar-refractivity contribution in [3.05, 3.63) is 41.4 Å². The van der Waals surface area contributed by atoms with Crippen LogP contribution in [0.25, 0.3) is 0 Å². The van der Waals surface area contributed by atoms with E-state index in [0.29, 0.717) is 0 Å². The van der Waals surface area contributed by atoms with Crippen LogP contribution in [0.1, 0.15) is 0 Å². The first-order valence-corrected chi connectivity index (χ1v) is 4.62. The summed E-state index contributed by atoms with van der Waals surface area (Å²) >= 11 is 0. The predicted octanol–water partition coefficient (Wildman–Crippen LogP) is 2.68. The fraction of sp³-hybridized carbons (Fsp3) is 0. The van der Waals surface area contributed by atoms with Crippen molar-refractivity contribution in [3.8, 4) is 0 Å². The van der Waals surface area contributed by atoms with E-state index >= 15 is 0 Å². The summed E-state index contributed by atoms with van der Waals surface area (Å²) in [6.07, 6.45) is 5.85. The average molecular weight is 152 g/mol. The van der Waals surface area contributed by atoms with Crippen molar-refractivity contribution in [2.24, 2.45) is 0 Å². The fourth-order valence-corrected chi connectivity index (χ4v) is 2.30. The van der Waals surface area contributed by atoms with Crippen LogP contribution in [0, 0.1) is 0 Å². The van der Waals surface area contributed by atoms with E-state index < -0.39 is 0 Å². The summed E-state index contributed by atoms with van der Waals surface area (Å²) < 4.78 is 5.24. The number of allylic oxidation sites excluding steroid dienone is 2. The van der Waals surface area contributed by atoms with Gasteiger partial charge in [-0.1, -0.05) is 12.2 Å². The fourth-order valence-electron chi connectivity index (χ4n) is 0.898. The molecule has 1 aliphatic heterocycles. The van der Waals surface area contributed by atoms with Crippen LogP contribution < -0.4 is 0 Å². The van der Waals surface area contributed by atoms with E-state index in [1.54, 1.807) is 6.26 Å². The molecular formula is C8H8OS. The Morgan fingerprint density at radius 3 is 2.60 bits per heavy atom. The van der Waals surface area contributed by atoms with Gasteiger partial charge in [-0.05, 0) is 22.9 Å². The second-order valence-corrected chi connectivity index (χ2v) is 3.89. The smallest absolute Gasteiger partial charge is 0.147 e. The van der Waals surface area contributed by atoms with Crippen molar-refractivity contribution in [1.29, 1.82) is 0 Å². The molecule has 0 unspecified atom stereocenters. The molecule has 10 heavy (non-hydrogen) atoms. The lowest BCUT2D eigenvalue weighted by molar-refractivity contribution is 0.474. The number of hydrogen-bond acceptors (Lipinski definition) is 1. The van der Waals surface area contributed by atoms with Gasteiger partial charge in [-0.25, -0.2) is 0 Å². The Kier molecular flexibility index (Phi) is 1.40. The minimum absolute atomic E-state index is 0.231. The van der Waals surface area contributed by atoms with Crippen molar-refractivity contribution in [3.63, 3.8) is 0 Å². The lowest BCUT2D eigenvalue weighted by Crippen LogP contribution is -1.63. The molecule has 0 amide bonds. The highest BCUT2D eigenvalue weighted by Gasteiger charge is 2.03. The van der Waals surface area contributed by atoms with E-state index in [1.807, 2.05) is 12.1 Å². The molecule has 52 valence electrons. The summed E-state index contributed by atoms with van der Waals surface area (Å²) in [7, 11) is -0.231. The molecule has 2 heterocycles. The van der Waals surface area contributed by atoms with Crippen LogP contribution in [-0.2, 0) is 0 Å². The van der Waals surface area contributed by atoms with Gasteiger partial charge in [0.05, 0.1) is 6.26 Å². The van der Waals surface area contributed by atoms with E-state index in [1.165, 1.54) is 0 Å². The molecule has 0 radical (unpaired) electrons. The van der Waals surface area contributed by atoms with Crippen molar-refractivity contribution < 1.29 is 4.42 Å². The zero-order valence-corrected chi connectivity index (χ0v) is 6.29. The lowest BCUT2D eigenvalue weighted by atomic mass is 10.6. The molecule has 0 aliphatic carbocycles. The topological polar surface area (TPSA) is 13.1 Å². The molecule has 0 atom stereocenters. The first-order valence-electron chi connectivity index (χ1n) is 3.14. The highest BCUT2D eigenvalue weighted by atomic mass is 32.2. The SMILES string of the molecule is C1=C[SH](c2ccco2)C=C1. The van der Waals surface area contributed by atoms with Crippen molar-refractivity contribution >= 4 is 10.9 Å². The maximum absolute atomic E-state index is 5.24. The minimum atomic E-state index is -0.231. The Morgan fingerprint density at radius 2 is 2.00 bits per heavy atom. The summed E-state index contributed by atoms with van der Waals surface area (Å²) in [5.74, 6) is 0. The first-order chi connectivity index (χ1) is 4.97. The molecule has 1 aliphatic rings. The third-order valence-corrected chi connectivity index (χ3v) is 3.12. The maximum atomic E-state index is 5.24.